The summed E-state index contributed by atoms with van der Waals surface area (Å²) in [5.74, 6) is -0.460. The minimum atomic E-state index is -1.09. The average Bonchev–Trinajstić information content (AvgIpc) is 2.64. The van der Waals surface area contributed by atoms with E-state index in [0.29, 0.717) is 28.2 Å². The van der Waals surface area contributed by atoms with Gasteiger partial charge in [0.25, 0.3) is 0 Å². The largest absolute Gasteiger partial charge is 0.497 e. The molecule has 0 unspecified atom stereocenters. The van der Waals surface area contributed by atoms with Gasteiger partial charge in [-0.05, 0) is 35.4 Å². The first kappa shape index (κ1) is 18.0. The Kier molecular flexibility index (Phi) is 6.12. The number of rotatable bonds is 7. The van der Waals surface area contributed by atoms with Crippen molar-refractivity contribution < 1.29 is 24.2 Å². The number of ketones is 1. The lowest BCUT2D eigenvalue weighted by Gasteiger charge is -2.08. The van der Waals surface area contributed by atoms with Crippen LogP contribution < -0.4 is 9.47 Å². The molecular formula is C20H18O5. The van der Waals surface area contributed by atoms with Crippen LogP contribution in [0.4, 0.5) is 0 Å². The van der Waals surface area contributed by atoms with Crippen LogP contribution in [-0.4, -0.2) is 31.1 Å². The van der Waals surface area contributed by atoms with Gasteiger partial charge < -0.3 is 14.6 Å². The lowest BCUT2D eigenvalue weighted by Crippen LogP contribution is -2.00. The molecule has 0 fully saturated rings. The van der Waals surface area contributed by atoms with Crippen LogP contribution in [0.25, 0.3) is 5.57 Å². The molecule has 0 aliphatic carbocycles. The number of carboxylic acid groups (broad SMARTS) is 1. The second-order valence-corrected chi connectivity index (χ2v) is 5.07. The van der Waals surface area contributed by atoms with E-state index in [1.165, 1.54) is 26.4 Å². The number of carbonyl (C=O) groups excluding carboxylic acids is 1. The van der Waals surface area contributed by atoms with Gasteiger partial charge in [0, 0.05) is 6.08 Å². The zero-order chi connectivity index (χ0) is 18.2. The zero-order valence-electron chi connectivity index (χ0n) is 13.9. The van der Waals surface area contributed by atoms with E-state index in [4.69, 9.17) is 14.6 Å². The molecule has 0 aliphatic rings. The first-order chi connectivity index (χ1) is 12.0. The third-order valence-electron chi connectivity index (χ3n) is 3.47. The molecule has 128 valence electrons. The smallest absolute Gasteiger partial charge is 0.328 e. The molecular weight excluding hydrogens is 320 g/mol. The highest BCUT2D eigenvalue weighted by Crippen LogP contribution is 2.25. The topological polar surface area (TPSA) is 72.8 Å². The molecule has 0 saturated heterocycles. The van der Waals surface area contributed by atoms with E-state index < -0.39 is 5.97 Å². The summed E-state index contributed by atoms with van der Waals surface area (Å²) in [4.78, 5) is 23.6. The first-order valence-corrected chi connectivity index (χ1v) is 7.49. The number of methoxy groups -OCH3 is 2. The van der Waals surface area contributed by atoms with Crippen molar-refractivity contribution in [1.29, 1.82) is 0 Å². The molecule has 2 rings (SSSR count). The Morgan fingerprint density at radius 2 is 1.68 bits per heavy atom. The van der Waals surface area contributed by atoms with Crippen LogP contribution in [0.1, 0.15) is 15.9 Å². The highest BCUT2D eigenvalue weighted by atomic mass is 16.5. The summed E-state index contributed by atoms with van der Waals surface area (Å²) in [7, 11) is 2.98. The molecule has 5 heteroatoms. The number of carbonyl (C=O) groups is 2. The van der Waals surface area contributed by atoms with Crippen molar-refractivity contribution in [3.63, 3.8) is 0 Å². The Morgan fingerprint density at radius 1 is 0.960 bits per heavy atom. The standard InChI is InChI=1S/C20H18O5/c1-24-16-9-11-19(25-2)17(13-16)18(21)10-8-15(12-20(22)23)14-6-4-3-5-7-14/h3-13H,1-2H3,(H,22,23). The van der Waals surface area contributed by atoms with E-state index in [1.807, 2.05) is 6.07 Å². The van der Waals surface area contributed by atoms with Crippen LogP contribution >= 0.6 is 0 Å². The molecule has 1 N–H and O–H groups in total. The predicted molar refractivity (Wildman–Crippen MR) is 95.1 cm³/mol. The van der Waals surface area contributed by atoms with Gasteiger partial charge in [0.1, 0.15) is 11.5 Å². The molecule has 0 spiro atoms. The summed E-state index contributed by atoms with van der Waals surface area (Å²) >= 11 is 0. The maximum atomic E-state index is 12.5. The fraction of sp³-hybridized carbons (Fsp3) is 0.100. The van der Waals surface area contributed by atoms with Gasteiger partial charge in [0.15, 0.2) is 5.78 Å². The first-order valence-electron chi connectivity index (χ1n) is 7.49. The van der Waals surface area contributed by atoms with Crippen molar-refractivity contribution in [2.24, 2.45) is 0 Å². The van der Waals surface area contributed by atoms with Crippen molar-refractivity contribution in [3.05, 3.63) is 77.9 Å². The number of ether oxygens (including phenoxy) is 2. The number of hydrogen-bond acceptors (Lipinski definition) is 4. The summed E-state index contributed by atoms with van der Waals surface area (Å²) in [6.45, 7) is 0. The Labute approximate surface area is 145 Å². The number of benzene rings is 2. The normalized spacial score (nSPS) is 11.4. The third-order valence-corrected chi connectivity index (χ3v) is 3.47. The molecule has 0 atom stereocenters. The summed E-state index contributed by atoms with van der Waals surface area (Å²) in [5.41, 5.74) is 1.45. The summed E-state index contributed by atoms with van der Waals surface area (Å²) in [6, 6.07) is 13.9. The number of hydrogen-bond donors (Lipinski definition) is 1. The molecule has 2 aromatic rings. The summed E-state index contributed by atoms with van der Waals surface area (Å²) in [6.07, 6.45) is 3.85. The highest BCUT2D eigenvalue weighted by molar-refractivity contribution is 6.08. The number of carboxylic acids is 1. The van der Waals surface area contributed by atoms with Gasteiger partial charge in [-0.3, -0.25) is 4.79 Å². The van der Waals surface area contributed by atoms with E-state index in [0.717, 1.165) is 6.08 Å². The van der Waals surface area contributed by atoms with Crippen LogP contribution in [0.5, 0.6) is 11.5 Å². The van der Waals surface area contributed by atoms with E-state index in [-0.39, 0.29) is 5.78 Å². The summed E-state index contributed by atoms with van der Waals surface area (Å²) in [5, 5.41) is 9.05. The Balaban J connectivity index is 2.36. The van der Waals surface area contributed by atoms with Gasteiger partial charge in [0.2, 0.25) is 0 Å². The average molecular weight is 338 g/mol. The van der Waals surface area contributed by atoms with Crippen LogP contribution in [0.3, 0.4) is 0 Å². The molecule has 5 nitrogen and oxygen atoms in total. The molecule has 25 heavy (non-hydrogen) atoms. The molecule has 0 saturated carbocycles. The molecule has 0 aromatic heterocycles. The van der Waals surface area contributed by atoms with Crippen LogP contribution in [0.15, 0.2) is 66.8 Å². The van der Waals surface area contributed by atoms with E-state index in [1.54, 1.807) is 42.5 Å². The van der Waals surface area contributed by atoms with Gasteiger partial charge >= 0.3 is 5.97 Å². The Morgan fingerprint density at radius 3 is 2.28 bits per heavy atom. The lowest BCUT2D eigenvalue weighted by atomic mass is 10.0. The zero-order valence-corrected chi connectivity index (χ0v) is 13.9. The Bertz CT molecular complexity index is 819. The number of allylic oxidation sites excluding steroid dienone is 3. The van der Waals surface area contributed by atoms with E-state index in [2.05, 4.69) is 0 Å². The maximum absolute atomic E-state index is 12.5. The van der Waals surface area contributed by atoms with Crippen molar-refractivity contribution in [2.45, 2.75) is 0 Å². The van der Waals surface area contributed by atoms with Gasteiger partial charge in [-0.1, -0.05) is 36.4 Å². The minimum absolute atomic E-state index is 0.317. The molecule has 0 bridgehead atoms. The SMILES string of the molecule is COc1ccc(OC)c(C(=O)C=CC(=CC(=O)O)c2ccccc2)c1. The second kappa shape index (κ2) is 8.49. The van der Waals surface area contributed by atoms with Crippen molar-refractivity contribution >= 4 is 17.3 Å². The van der Waals surface area contributed by atoms with Crippen molar-refractivity contribution in [2.75, 3.05) is 14.2 Å². The highest BCUT2D eigenvalue weighted by Gasteiger charge is 2.11. The van der Waals surface area contributed by atoms with Crippen molar-refractivity contribution in [3.8, 4) is 11.5 Å². The second-order valence-electron chi connectivity index (χ2n) is 5.07. The summed E-state index contributed by atoms with van der Waals surface area (Å²) < 4.78 is 10.3. The van der Waals surface area contributed by atoms with Crippen molar-refractivity contribution in [1.82, 2.24) is 0 Å². The predicted octanol–water partition coefficient (Wildman–Crippen LogP) is 3.61. The van der Waals surface area contributed by atoms with Crippen LogP contribution in [0.2, 0.25) is 0 Å². The quantitative estimate of drug-likeness (QED) is 0.474. The Hall–Kier alpha value is -3.34. The van der Waals surface area contributed by atoms with Gasteiger partial charge in [0.05, 0.1) is 19.8 Å². The molecule has 0 amide bonds. The monoisotopic (exact) mass is 338 g/mol. The minimum Gasteiger partial charge on any atom is -0.497 e. The molecule has 0 aliphatic heterocycles. The maximum Gasteiger partial charge on any atom is 0.328 e. The fourth-order valence-electron chi connectivity index (χ4n) is 2.25. The fourth-order valence-corrected chi connectivity index (χ4v) is 2.25. The van der Waals surface area contributed by atoms with Gasteiger partial charge in [-0.25, -0.2) is 4.79 Å². The van der Waals surface area contributed by atoms with Gasteiger partial charge in [-0.15, -0.1) is 0 Å². The van der Waals surface area contributed by atoms with E-state index in [9.17, 15) is 9.59 Å². The van der Waals surface area contributed by atoms with Crippen LogP contribution in [-0.2, 0) is 4.79 Å². The third kappa shape index (κ3) is 4.81. The van der Waals surface area contributed by atoms with Crippen LogP contribution in [0, 0.1) is 0 Å². The van der Waals surface area contributed by atoms with Gasteiger partial charge in [-0.2, -0.15) is 0 Å². The molecule has 2 aromatic carbocycles. The molecule has 0 radical (unpaired) electrons. The number of aliphatic carboxylic acids is 1. The molecule has 0 heterocycles. The lowest BCUT2D eigenvalue weighted by molar-refractivity contribution is -0.131. The van der Waals surface area contributed by atoms with E-state index >= 15 is 0 Å².